The summed E-state index contributed by atoms with van der Waals surface area (Å²) in [5, 5.41) is 0. The van der Waals surface area contributed by atoms with Crippen molar-refractivity contribution in [3.8, 4) is 0 Å². The van der Waals surface area contributed by atoms with Crippen LogP contribution in [0.3, 0.4) is 0 Å². The molecule has 0 spiro atoms. The molecule has 34 heavy (non-hydrogen) atoms. The molecular weight excluding hydrogens is 444 g/mol. The van der Waals surface area contributed by atoms with Crippen LogP contribution in [0.1, 0.15) is 106 Å². The number of carbonyl (C=O) groups excluding carboxylic acids is 3. The number of amides is 3. The zero-order valence-corrected chi connectivity index (χ0v) is 21.5. The zero-order chi connectivity index (χ0) is 23.9. The number of carbonyl (C=O) groups is 3. The number of benzene rings is 1. The summed E-state index contributed by atoms with van der Waals surface area (Å²) in [6.45, 7) is 0.469. The Morgan fingerprint density at radius 2 is 1.65 bits per heavy atom. The van der Waals surface area contributed by atoms with E-state index >= 15 is 0 Å². The molecule has 186 valence electrons. The van der Waals surface area contributed by atoms with E-state index in [-0.39, 0.29) is 17.7 Å². The lowest BCUT2D eigenvalue weighted by atomic mass is 9.85. The summed E-state index contributed by atoms with van der Waals surface area (Å²) in [4.78, 5) is 41.5. The van der Waals surface area contributed by atoms with Gasteiger partial charge >= 0.3 is 0 Å². The number of likely N-dealkylation sites (N-methyl/N-ethyl adjacent to an activating group) is 1. The number of thioether (sulfide) groups is 1. The van der Waals surface area contributed by atoms with Crippen LogP contribution < -0.4 is 0 Å². The highest BCUT2D eigenvalue weighted by molar-refractivity contribution is 7.99. The van der Waals surface area contributed by atoms with Gasteiger partial charge in [-0.1, -0.05) is 76.7 Å². The van der Waals surface area contributed by atoms with E-state index in [9.17, 15) is 14.4 Å². The van der Waals surface area contributed by atoms with Crippen LogP contribution in [0.15, 0.2) is 23.1 Å². The van der Waals surface area contributed by atoms with E-state index in [1.807, 2.05) is 23.9 Å². The van der Waals surface area contributed by atoms with Crippen molar-refractivity contribution >= 4 is 29.5 Å². The minimum atomic E-state index is -0.529. The molecule has 1 unspecified atom stereocenters. The molecule has 3 aliphatic rings. The van der Waals surface area contributed by atoms with Crippen LogP contribution in [0.25, 0.3) is 0 Å². The molecule has 1 saturated heterocycles. The molecule has 1 atom stereocenters. The number of rotatable bonds is 11. The fourth-order valence-electron chi connectivity index (χ4n) is 5.80. The first kappa shape index (κ1) is 25.3. The van der Waals surface area contributed by atoms with E-state index in [4.69, 9.17) is 0 Å². The van der Waals surface area contributed by atoms with Gasteiger partial charge in [0.2, 0.25) is 5.91 Å². The zero-order valence-electron chi connectivity index (χ0n) is 20.7. The second-order valence-electron chi connectivity index (χ2n) is 10.3. The maximum absolute atomic E-state index is 13.0. The first-order valence-electron chi connectivity index (χ1n) is 13.4. The van der Waals surface area contributed by atoms with Crippen molar-refractivity contribution < 1.29 is 14.4 Å². The highest BCUT2D eigenvalue weighted by Crippen LogP contribution is 2.35. The average Bonchev–Trinajstić information content (AvgIpc) is 3.19. The Morgan fingerprint density at radius 1 is 0.912 bits per heavy atom. The van der Waals surface area contributed by atoms with Crippen LogP contribution in [0, 0.1) is 5.92 Å². The third-order valence-corrected chi connectivity index (χ3v) is 9.13. The number of hydrogen-bond acceptors (Lipinski definition) is 4. The normalized spacial score (nSPS) is 21.4. The third kappa shape index (κ3) is 6.05. The number of imide groups is 1. The molecule has 0 aromatic heterocycles. The molecule has 2 aliphatic heterocycles. The second kappa shape index (κ2) is 12.2. The monoisotopic (exact) mass is 484 g/mol. The van der Waals surface area contributed by atoms with Gasteiger partial charge in [-0.2, -0.15) is 0 Å². The lowest BCUT2D eigenvalue weighted by Gasteiger charge is -2.33. The quantitative estimate of drug-likeness (QED) is 0.213. The van der Waals surface area contributed by atoms with Gasteiger partial charge in [0.1, 0.15) is 6.04 Å². The topological polar surface area (TPSA) is 57.7 Å². The molecule has 1 aromatic rings. The summed E-state index contributed by atoms with van der Waals surface area (Å²) in [6, 6.07) is 5.40. The standard InChI is InChI=1S/C28H40N2O3S/c1-29-26(31)18-17-24(28(29)33)30-20-23-22(27(30)32)15-11-16-25(23)34-19-10-5-3-2-4-7-12-21-13-8-6-9-14-21/h11,15-16,21,24H,2-10,12-14,17-20H2,1H3. The second-order valence-corrected chi connectivity index (χ2v) is 11.5. The molecule has 2 heterocycles. The Morgan fingerprint density at radius 3 is 2.44 bits per heavy atom. The summed E-state index contributed by atoms with van der Waals surface area (Å²) in [5.74, 6) is 1.58. The van der Waals surface area contributed by atoms with E-state index < -0.39 is 6.04 Å². The molecule has 0 radical (unpaired) electrons. The average molecular weight is 485 g/mol. The number of likely N-dealkylation sites (tertiary alicyclic amines) is 1. The predicted octanol–water partition coefficient (Wildman–Crippen LogP) is 6.19. The van der Waals surface area contributed by atoms with Gasteiger partial charge in [0.05, 0.1) is 0 Å². The van der Waals surface area contributed by atoms with Crippen molar-refractivity contribution in [3.63, 3.8) is 0 Å². The lowest BCUT2D eigenvalue weighted by molar-refractivity contribution is -0.150. The minimum Gasteiger partial charge on any atom is -0.322 e. The minimum absolute atomic E-state index is 0.0771. The Hall–Kier alpha value is -1.82. The van der Waals surface area contributed by atoms with Crippen LogP contribution in [0.4, 0.5) is 0 Å². The van der Waals surface area contributed by atoms with Crippen molar-refractivity contribution in [1.29, 1.82) is 0 Å². The molecule has 1 aliphatic carbocycles. The lowest BCUT2D eigenvalue weighted by Crippen LogP contribution is -2.53. The largest absolute Gasteiger partial charge is 0.322 e. The van der Waals surface area contributed by atoms with Gasteiger partial charge < -0.3 is 4.90 Å². The first-order chi connectivity index (χ1) is 16.6. The van der Waals surface area contributed by atoms with Gasteiger partial charge in [0.15, 0.2) is 0 Å². The Balaban J connectivity index is 1.17. The smallest absolute Gasteiger partial charge is 0.255 e. The van der Waals surface area contributed by atoms with Crippen LogP contribution in [0.5, 0.6) is 0 Å². The maximum Gasteiger partial charge on any atom is 0.255 e. The first-order valence-corrected chi connectivity index (χ1v) is 14.4. The molecule has 1 aromatic carbocycles. The number of fused-ring (bicyclic) bond motifs is 1. The summed E-state index contributed by atoms with van der Waals surface area (Å²) in [7, 11) is 1.52. The fourth-order valence-corrected chi connectivity index (χ4v) is 6.89. The van der Waals surface area contributed by atoms with E-state index in [0.717, 1.165) is 27.7 Å². The number of unbranched alkanes of at least 4 members (excludes halogenated alkanes) is 5. The summed E-state index contributed by atoms with van der Waals surface area (Å²) in [6.07, 6.45) is 17.4. The predicted molar refractivity (Wildman–Crippen MR) is 137 cm³/mol. The maximum atomic E-state index is 13.0. The van der Waals surface area contributed by atoms with E-state index in [0.29, 0.717) is 19.4 Å². The molecule has 5 nitrogen and oxygen atoms in total. The van der Waals surface area contributed by atoms with E-state index in [1.165, 1.54) is 89.0 Å². The molecule has 6 heteroatoms. The van der Waals surface area contributed by atoms with Crippen molar-refractivity contribution in [2.75, 3.05) is 12.8 Å². The summed E-state index contributed by atoms with van der Waals surface area (Å²) in [5.41, 5.74) is 1.77. The van der Waals surface area contributed by atoms with Crippen LogP contribution in [-0.2, 0) is 16.1 Å². The molecule has 2 fully saturated rings. The summed E-state index contributed by atoms with van der Waals surface area (Å²) < 4.78 is 0. The Bertz CT molecular complexity index is 880. The van der Waals surface area contributed by atoms with Crippen molar-refractivity contribution in [2.45, 2.75) is 107 Å². The van der Waals surface area contributed by atoms with Gasteiger partial charge in [0.25, 0.3) is 11.8 Å². The van der Waals surface area contributed by atoms with Gasteiger partial charge in [-0.05, 0) is 42.2 Å². The van der Waals surface area contributed by atoms with Crippen LogP contribution >= 0.6 is 11.8 Å². The van der Waals surface area contributed by atoms with E-state index in [2.05, 4.69) is 6.07 Å². The summed E-state index contributed by atoms with van der Waals surface area (Å²) >= 11 is 1.84. The van der Waals surface area contributed by atoms with Gasteiger partial charge in [-0.25, -0.2) is 0 Å². The number of hydrogen-bond donors (Lipinski definition) is 0. The van der Waals surface area contributed by atoms with Gasteiger partial charge in [0, 0.05) is 30.5 Å². The molecule has 0 N–H and O–H groups in total. The molecule has 1 saturated carbocycles. The number of piperidine rings is 1. The van der Waals surface area contributed by atoms with Gasteiger partial charge in [-0.3, -0.25) is 19.3 Å². The number of nitrogens with zero attached hydrogens (tertiary/aromatic N) is 2. The van der Waals surface area contributed by atoms with E-state index in [1.54, 1.807) is 4.90 Å². The highest BCUT2D eigenvalue weighted by Gasteiger charge is 2.41. The van der Waals surface area contributed by atoms with Crippen molar-refractivity contribution in [3.05, 3.63) is 29.3 Å². The highest BCUT2D eigenvalue weighted by atomic mass is 32.2. The molecule has 4 rings (SSSR count). The third-order valence-electron chi connectivity index (χ3n) is 7.94. The van der Waals surface area contributed by atoms with Crippen molar-refractivity contribution in [1.82, 2.24) is 9.80 Å². The fraction of sp³-hybridized carbons (Fsp3) is 0.679. The molecule has 0 bridgehead atoms. The van der Waals surface area contributed by atoms with Gasteiger partial charge in [-0.15, -0.1) is 11.8 Å². The Labute approximate surface area is 209 Å². The van der Waals surface area contributed by atoms with Crippen LogP contribution in [-0.4, -0.2) is 46.4 Å². The van der Waals surface area contributed by atoms with Crippen molar-refractivity contribution in [2.24, 2.45) is 5.92 Å². The van der Waals surface area contributed by atoms with Crippen LogP contribution in [0.2, 0.25) is 0 Å². The molecular formula is C28H40N2O3S. The Kier molecular flexibility index (Phi) is 9.10. The molecule has 3 amide bonds. The SMILES string of the molecule is CN1C(=O)CCC(N2Cc3c(SCCCCCCCCC4CCCCC4)cccc3C2=O)C1=O.